The highest BCUT2D eigenvalue weighted by molar-refractivity contribution is 5.76. The van der Waals surface area contributed by atoms with Crippen molar-refractivity contribution in [3.8, 4) is 0 Å². The number of fused-ring (bicyclic) bond motifs is 1. The molecule has 3 heterocycles. The van der Waals surface area contributed by atoms with Crippen LogP contribution in [0.25, 0.3) is 0 Å². The molecule has 0 aromatic carbocycles. The van der Waals surface area contributed by atoms with Crippen LogP contribution in [-0.4, -0.2) is 65.9 Å². The van der Waals surface area contributed by atoms with Crippen LogP contribution < -0.4 is 4.90 Å². The number of piperidine rings is 1. The van der Waals surface area contributed by atoms with Gasteiger partial charge in [-0.3, -0.25) is 9.69 Å². The molecule has 6 heteroatoms. The number of likely N-dealkylation sites (tertiary alicyclic amines) is 1. The molecule has 0 N–H and O–H groups in total. The van der Waals surface area contributed by atoms with Crippen molar-refractivity contribution < 1.29 is 4.79 Å². The van der Waals surface area contributed by atoms with Crippen LogP contribution in [0.3, 0.4) is 0 Å². The van der Waals surface area contributed by atoms with Crippen molar-refractivity contribution >= 4 is 11.7 Å². The Morgan fingerprint density at radius 2 is 1.96 bits per heavy atom. The second-order valence-corrected chi connectivity index (χ2v) is 6.73. The lowest BCUT2D eigenvalue weighted by atomic mass is 10.1. The van der Waals surface area contributed by atoms with Crippen LogP contribution in [-0.2, 0) is 17.8 Å². The predicted molar refractivity (Wildman–Crippen MR) is 90.4 cm³/mol. The lowest BCUT2D eigenvalue weighted by Crippen LogP contribution is -2.39. The van der Waals surface area contributed by atoms with Crippen molar-refractivity contribution in [2.75, 3.05) is 45.2 Å². The minimum absolute atomic E-state index is 0.313. The normalized spacial score (nSPS) is 18.6. The van der Waals surface area contributed by atoms with Gasteiger partial charge in [0.15, 0.2) is 0 Å². The maximum absolute atomic E-state index is 12.3. The van der Waals surface area contributed by atoms with Gasteiger partial charge in [0.25, 0.3) is 0 Å². The van der Waals surface area contributed by atoms with Gasteiger partial charge in [-0.15, -0.1) is 0 Å². The fraction of sp³-hybridized carbons (Fsp3) is 0.706. The third kappa shape index (κ3) is 3.80. The molecule has 0 atom stereocenters. The van der Waals surface area contributed by atoms with Gasteiger partial charge < -0.3 is 9.80 Å². The Morgan fingerprint density at radius 3 is 2.70 bits per heavy atom. The van der Waals surface area contributed by atoms with Crippen LogP contribution in [0.2, 0.25) is 0 Å². The minimum Gasteiger partial charge on any atom is -0.362 e. The number of rotatable bonds is 4. The number of aromatic nitrogens is 2. The first-order valence-electron chi connectivity index (χ1n) is 8.65. The van der Waals surface area contributed by atoms with Gasteiger partial charge in [0.05, 0.1) is 5.69 Å². The summed E-state index contributed by atoms with van der Waals surface area (Å²) in [5.74, 6) is 1.31. The molecule has 0 bridgehead atoms. The van der Waals surface area contributed by atoms with E-state index in [0.29, 0.717) is 12.3 Å². The molecule has 1 amide bonds. The quantitative estimate of drug-likeness (QED) is 0.838. The molecule has 3 rings (SSSR count). The molecule has 0 spiro atoms. The van der Waals surface area contributed by atoms with Crippen LogP contribution in [0.1, 0.15) is 36.9 Å². The fourth-order valence-electron chi connectivity index (χ4n) is 3.51. The van der Waals surface area contributed by atoms with Crippen molar-refractivity contribution in [2.24, 2.45) is 0 Å². The zero-order valence-electron chi connectivity index (χ0n) is 14.3. The summed E-state index contributed by atoms with van der Waals surface area (Å²) in [6, 6.07) is 0. The molecular formula is C17H27N5O. The maximum Gasteiger partial charge on any atom is 0.223 e. The van der Waals surface area contributed by atoms with E-state index in [1.54, 1.807) is 6.33 Å². The Morgan fingerprint density at radius 1 is 1.17 bits per heavy atom. The van der Waals surface area contributed by atoms with E-state index in [1.807, 2.05) is 23.9 Å². The van der Waals surface area contributed by atoms with Crippen molar-refractivity contribution in [1.29, 1.82) is 0 Å². The molecule has 1 saturated heterocycles. The number of carbonyl (C=O) groups excluding carboxylic acids is 1. The molecule has 0 unspecified atom stereocenters. The smallest absolute Gasteiger partial charge is 0.223 e. The van der Waals surface area contributed by atoms with Gasteiger partial charge in [-0.1, -0.05) is 0 Å². The third-order valence-corrected chi connectivity index (χ3v) is 4.83. The Balaban J connectivity index is 1.58. The maximum atomic E-state index is 12.3. The highest BCUT2D eigenvalue weighted by Gasteiger charge is 2.23. The predicted octanol–water partition coefficient (Wildman–Crippen LogP) is 1.30. The van der Waals surface area contributed by atoms with Gasteiger partial charge in [-0.2, -0.15) is 0 Å². The van der Waals surface area contributed by atoms with Crippen LogP contribution in [0, 0.1) is 0 Å². The molecule has 1 aromatic heterocycles. The fourth-order valence-corrected chi connectivity index (χ4v) is 3.51. The zero-order chi connectivity index (χ0) is 16.2. The third-order valence-electron chi connectivity index (χ3n) is 4.83. The number of amides is 1. The summed E-state index contributed by atoms with van der Waals surface area (Å²) in [6.07, 6.45) is 6.80. The highest BCUT2D eigenvalue weighted by atomic mass is 16.2. The van der Waals surface area contributed by atoms with Gasteiger partial charge in [-0.05, 0) is 19.3 Å². The van der Waals surface area contributed by atoms with E-state index in [9.17, 15) is 4.79 Å². The zero-order valence-corrected chi connectivity index (χ0v) is 14.3. The second kappa shape index (κ2) is 7.25. The number of carbonyl (C=O) groups is 1. The summed E-state index contributed by atoms with van der Waals surface area (Å²) in [7, 11) is 4.03. The lowest BCUT2D eigenvalue weighted by molar-refractivity contribution is -0.132. The van der Waals surface area contributed by atoms with E-state index >= 15 is 0 Å². The number of anilines is 1. The standard InChI is InChI=1S/C17H27N5O/c1-20(2)17-14-12-21(10-6-15(14)18-13-19-17)11-7-16(23)22-8-4-3-5-9-22/h13H,3-12H2,1-2H3. The first kappa shape index (κ1) is 16.2. The van der Waals surface area contributed by atoms with E-state index in [1.165, 1.54) is 12.0 Å². The first-order chi connectivity index (χ1) is 11.1. The van der Waals surface area contributed by atoms with E-state index in [2.05, 4.69) is 14.9 Å². The molecule has 0 aliphatic carbocycles. The highest BCUT2D eigenvalue weighted by Crippen LogP contribution is 2.24. The van der Waals surface area contributed by atoms with Crippen molar-refractivity contribution in [3.63, 3.8) is 0 Å². The molecule has 2 aliphatic rings. The van der Waals surface area contributed by atoms with Gasteiger partial charge in [-0.25, -0.2) is 9.97 Å². The largest absolute Gasteiger partial charge is 0.362 e. The van der Waals surface area contributed by atoms with Crippen molar-refractivity contribution in [3.05, 3.63) is 17.6 Å². The van der Waals surface area contributed by atoms with E-state index in [-0.39, 0.29) is 0 Å². The topological polar surface area (TPSA) is 52.6 Å². The van der Waals surface area contributed by atoms with Gasteiger partial charge in [0.2, 0.25) is 5.91 Å². The number of hydrogen-bond acceptors (Lipinski definition) is 5. The Hall–Kier alpha value is -1.69. The Labute approximate surface area is 138 Å². The van der Waals surface area contributed by atoms with Gasteiger partial charge in [0, 0.05) is 65.2 Å². The average Bonchev–Trinajstić information content (AvgIpc) is 2.59. The summed E-state index contributed by atoms with van der Waals surface area (Å²) in [5, 5.41) is 0. The van der Waals surface area contributed by atoms with Crippen LogP contribution in [0.4, 0.5) is 5.82 Å². The Kier molecular flexibility index (Phi) is 5.10. The molecule has 23 heavy (non-hydrogen) atoms. The molecule has 0 saturated carbocycles. The average molecular weight is 317 g/mol. The SMILES string of the molecule is CN(C)c1ncnc2c1CN(CCC(=O)N1CCCCC1)CC2. The minimum atomic E-state index is 0.313. The molecule has 1 aromatic rings. The molecule has 2 aliphatic heterocycles. The molecular weight excluding hydrogens is 290 g/mol. The van der Waals surface area contributed by atoms with Crippen LogP contribution in [0.5, 0.6) is 0 Å². The van der Waals surface area contributed by atoms with E-state index in [4.69, 9.17) is 0 Å². The molecule has 1 fully saturated rings. The van der Waals surface area contributed by atoms with Gasteiger partial charge in [0.1, 0.15) is 12.1 Å². The first-order valence-corrected chi connectivity index (χ1v) is 8.65. The van der Waals surface area contributed by atoms with Crippen LogP contribution >= 0.6 is 0 Å². The monoisotopic (exact) mass is 317 g/mol. The molecule has 6 nitrogen and oxygen atoms in total. The summed E-state index contributed by atoms with van der Waals surface area (Å²) in [6.45, 7) is 4.54. The second-order valence-electron chi connectivity index (χ2n) is 6.73. The van der Waals surface area contributed by atoms with Gasteiger partial charge >= 0.3 is 0 Å². The van der Waals surface area contributed by atoms with E-state index in [0.717, 1.165) is 63.5 Å². The summed E-state index contributed by atoms with van der Waals surface area (Å²) in [5.41, 5.74) is 2.37. The summed E-state index contributed by atoms with van der Waals surface area (Å²) >= 11 is 0. The number of hydrogen-bond donors (Lipinski definition) is 0. The lowest BCUT2D eigenvalue weighted by Gasteiger charge is -2.31. The number of nitrogens with zero attached hydrogens (tertiary/aromatic N) is 5. The summed E-state index contributed by atoms with van der Waals surface area (Å²) in [4.78, 5) is 27.6. The van der Waals surface area contributed by atoms with Crippen molar-refractivity contribution in [1.82, 2.24) is 19.8 Å². The van der Waals surface area contributed by atoms with Crippen molar-refractivity contribution in [2.45, 2.75) is 38.6 Å². The molecule has 0 radical (unpaired) electrons. The Bertz CT molecular complexity index is 554. The molecule has 126 valence electrons. The van der Waals surface area contributed by atoms with Crippen LogP contribution in [0.15, 0.2) is 6.33 Å². The van der Waals surface area contributed by atoms with E-state index < -0.39 is 0 Å². The summed E-state index contributed by atoms with van der Waals surface area (Å²) < 4.78 is 0.